The lowest BCUT2D eigenvalue weighted by Gasteiger charge is -2.04. The summed E-state index contributed by atoms with van der Waals surface area (Å²) in [5.41, 5.74) is 0.793. The minimum atomic E-state index is -0.568. The van der Waals surface area contributed by atoms with Gasteiger partial charge in [-0.05, 0) is 36.4 Å². The molecule has 0 spiro atoms. The van der Waals surface area contributed by atoms with Crippen molar-refractivity contribution in [1.82, 2.24) is 15.0 Å². The largest absolute Gasteiger partial charge is 0.497 e. The van der Waals surface area contributed by atoms with E-state index >= 15 is 0 Å². The third-order valence-corrected chi connectivity index (χ3v) is 2.98. The van der Waals surface area contributed by atoms with Gasteiger partial charge in [0.15, 0.2) is 0 Å². The van der Waals surface area contributed by atoms with Crippen molar-refractivity contribution < 1.29 is 4.74 Å². The maximum absolute atomic E-state index is 11.6. The fourth-order valence-electron chi connectivity index (χ4n) is 1.97. The molecule has 0 bridgehead atoms. The van der Waals surface area contributed by atoms with Crippen molar-refractivity contribution >= 4 is 11.0 Å². The predicted octanol–water partition coefficient (Wildman–Crippen LogP) is 1.29. The van der Waals surface area contributed by atoms with Crippen LogP contribution in [0.25, 0.3) is 22.3 Å². The highest BCUT2D eigenvalue weighted by atomic mass is 16.5. The molecule has 1 aromatic carbocycles. The predicted molar refractivity (Wildman–Crippen MR) is 75.0 cm³/mol. The van der Waals surface area contributed by atoms with E-state index in [2.05, 4.69) is 15.0 Å². The summed E-state index contributed by atoms with van der Waals surface area (Å²) in [5.74, 6) is 0.749. The Hall–Kier alpha value is -2.89. The van der Waals surface area contributed by atoms with E-state index in [1.54, 1.807) is 19.2 Å². The standard InChI is InChI=1S/C14H11N3O3/c1-20-9-4-2-8(3-5-9)11-7-6-10-12(15-11)16-14(19)17-13(10)18/h2-7H,1H3,(H2,15,16,17,18,19). The molecule has 3 aromatic rings. The number of benzene rings is 1. The number of fused-ring (bicyclic) bond motifs is 1. The van der Waals surface area contributed by atoms with Gasteiger partial charge in [0.25, 0.3) is 5.56 Å². The molecule has 2 aromatic heterocycles. The van der Waals surface area contributed by atoms with E-state index in [0.29, 0.717) is 11.1 Å². The van der Waals surface area contributed by atoms with E-state index in [1.165, 1.54) is 0 Å². The SMILES string of the molecule is COc1ccc(-c2ccc3c(=O)[nH]c(=O)[nH]c3n2)cc1. The zero-order valence-corrected chi connectivity index (χ0v) is 10.6. The fraction of sp³-hybridized carbons (Fsp3) is 0.0714. The van der Waals surface area contributed by atoms with Crippen LogP contribution in [0.3, 0.4) is 0 Å². The number of H-pyrrole nitrogens is 2. The van der Waals surface area contributed by atoms with Crippen molar-refractivity contribution in [2.45, 2.75) is 0 Å². The van der Waals surface area contributed by atoms with Gasteiger partial charge in [-0.3, -0.25) is 14.8 Å². The molecule has 0 aliphatic carbocycles. The first-order valence-electron chi connectivity index (χ1n) is 5.95. The van der Waals surface area contributed by atoms with Crippen LogP contribution in [0.5, 0.6) is 5.75 Å². The first-order valence-corrected chi connectivity index (χ1v) is 5.95. The van der Waals surface area contributed by atoms with Crippen molar-refractivity contribution in [3.8, 4) is 17.0 Å². The molecule has 2 N–H and O–H groups in total. The van der Waals surface area contributed by atoms with Crippen molar-refractivity contribution in [2.75, 3.05) is 7.11 Å². The monoisotopic (exact) mass is 269 g/mol. The molecule has 20 heavy (non-hydrogen) atoms. The van der Waals surface area contributed by atoms with Crippen LogP contribution in [-0.4, -0.2) is 22.1 Å². The van der Waals surface area contributed by atoms with Crippen LogP contribution < -0.4 is 16.0 Å². The highest BCUT2D eigenvalue weighted by molar-refractivity contribution is 5.77. The second kappa shape index (κ2) is 4.65. The smallest absolute Gasteiger partial charge is 0.327 e. The number of hydrogen-bond acceptors (Lipinski definition) is 4. The summed E-state index contributed by atoms with van der Waals surface area (Å²) >= 11 is 0. The fourth-order valence-corrected chi connectivity index (χ4v) is 1.97. The van der Waals surface area contributed by atoms with Gasteiger partial charge in [0.1, 0.15) is 11.4 Å². The van der Waals surface area contributed by atoms with Gasteiger partial charge < -0.3 is 4.74 Å². The first kappa shape index (κ1) is 12.2. The number of pyridine rings is 1. The first-order chi connectivity index (χ1) is 9.67. The van der Waals surface area contributed by atoms with Gasteiger partial charge in [0, 0.05) is 5.56 Å². The quantitative estimate of drug-likeness (QED) is 0.733. The van der Waals surface area contributed by atoms with Gasteiger partial charge >= 0.3 is 5.69 Å². The average Bonchev–Trinajstić information content (AvgIpc) is 2.46. The van der Waals surface area contributed by atoms with Crippen LogP contribution in [0, 0.1) is 0 Å². The summed E-state index contributed by atoms with van der Waals surface area (Å²) in [6, 6.07) is 10.7. The maximum atomic E-state index is 11.6. The molecule has 2 heterocycles. The van der Waals surface area contributed by atoms with E-state index < -0.39 is 11.2 Å². The maximum Gasteiger partial charge on any atom is 0.327 e. The number of methoxy groups -OCH3 is 1. The number of ether oxygens (including phenoxy) is 1. The van der Waals surface area contributed by atoms with Gasteiger partial charge in [-0.25, -0.2) is 9.78 Å². The Morgan fingerprint density at radius 2 is 1.75 bits per heavy atom. The Balaban J connectivity index is 2.16. The summed E-state index contributed by atoms with van der Waals surface area (Å²) in [7, 11) is 1.60. The van der Waals surface area contributed by atoms with E-state index in [9.17, 15) is 9.59 Å². The molecule has 0 saturated carbocycles. The summed E-state index contributed by atoms with van der Waals surface area (Å²) in [6.07, 6.45) is 0. The van der Waals surface area contributed by atoms with Crippen LogP contribution in [0.15, 0.2) is 46.0 Å². The van der Waals surface area contributed by atoms with Crippen LogP contribution in [0.1, 0.15) is 0 Å². The summed E-state index contributed by atoms with van der Waals surface area (Å²) in [6.45, 7) is 0. The van der Waals surface area contributed by atoms with E-state index in [0.717, 1.165) is 11.3 Å². The molecule has 100 valence electrons. The molecule has 0 saturated heterocycles. The molecule has 0 unspecified atom stereocenters. The molecule has 0 atom stereocenters. The average molecular weight is 269 g/mol. The minimum absolute atomic E-state index is 0.270. The molecule has 6 heteroatoms. The lowest BCUT2D eigenvalue weighted by atomic mass is 10.1. The number of nitrogens with zero attached hydrogens (tertiary/aromatic N) is 1. The van der Waals surface area contributed by atoms with E-state index in [-0.39, 0.29) is 5.65 Å². The number of rotatable bonds is 2. The molecule has 0 amide bonds. The van der Waals surface area contributed by atoms with Crippen LogP contribution in [0.2, 0.25) is 0 Å². The molecular weight excluding hydrogens is 258 g/mol. The lowest BCUT2D eigenvalue weighted by Crippen LogP contribution is -2.22. The van der Waals surface area contributed by atoms with Crippen molar-refractivity contribution in [1.29, 1.82) is 0 Å². The Morgan fingerprint density at radius 1 is 1.00 bits per heavy atom. The van der Waals surface area contributed by atoms with Gasteiger partial charge in [-0.2, -0.15) is 0 Å². The normalized spacial score (nSPS) is 10.7. The summed E-state index contributed by atoms with van der Waals surface area (Å²) in [5, 5.41) is 0.349. The number of aromatic amines is 2. The Morgan fingerprint density at radius 3 is 2.45 bits per heavy atom. The van der Waals surface area contributed by atoms with Crippen molar-refractivity contribution in [3.05, 3.63) is 57.2 Å². The third-order valence-electron chi connectivity index (χ3n) is 2.98. The highest BCUT2D eigenvalue weighted by Gasteiger charge is 2.05. The second-order valence-corrected chi connectivity index (χ2v) is 4.23. The van der Waals surface area contributed by atoms with Crippen molar-refractivity contribution in [2.24, 2.45) is 0 Å². The number of hydrogen-bond donors (Lipinski definition) is 2. The molecular formula is C14H11N3O3. The molecule has 0 aliphatic heterocycles. The highest BCUT2D eigenvalue weighted by Crippen LogP contribution is 2.21. The zero-order chi connectivity index (χ0) is 14.1. The minimum Gasteiger partial charge on any atom is -0.497 e. The van der Waals surface area contributed by atoms with Gasteiger partial charge in [0.2, 0.25) is 0 Å². The van der Waals surface area contributed by atoms with Crippen molar-refractivity contribution in [3.63, 3.8) is 0 Å². The Labute approximate surface area is 113 Å². The second-order valence-electron chi connectivity index (χ2n) is 4.23. The molecule has 0 radical (unpaired) electrons. The van der Waals surface area contributed by atoms with Gasteiger partial charge in [-0.15, -0.1) is 0 Å². The van der Waals surface area contributed by atoms with Gasteiger partial charge in [0.05, 0.1) is 18.2 Å². The molecule has 0 fully saturated rings. The third kappa shape index (κ3) is 2.07. The number of aromatic nitrogens is 3. The summed E-state index contributed by atoms with van der Waals surface area (Å²) < 4.78 is 5.09. The van der Waals surface area contributed by atoms with Gasteiger partial charge in [-0.1, -0.05) is 0 Å². The van der Waals surface area contributed by atoms with Crippen LogP contribution in [0.4, 0.5) is 0 Å². The Kier molecular flexibility index (Phi) is 2.83. The number of nitrogens with one attached hydrogen (secondary N) is 2. The van der Waals surface area contributed by atoms with E-state index in [1.807, 2.05) is 24.3 Å². The Bertz CT molecular complexity index is 879. The molecule has 6 nitrogen and oxygen atoms in total. The lowest BCUT2D eigenvalue weighted by molar-refractivity contribution is 0.415. The van der Waals surface area contributed by atoms with E-state index in [4.69, 9.17) is 4.74 Å². The summed E-state index contributed by atoms with van der Waals surface area (Å²) in [4.78, 5) is 31.9. The zero-order valence-electron chi connectivity index (χ0n) is 10.6. The van der Waals surface area contributed by atoms with Crippen LogP contribution in [-0.2, 0) is 0 Å². The van der Waals surface area contributed by atoms with Crippen LogP contribution >= 0.6 is 0 Å². The topological polar surface area (TPSA) is 87.8 Å². The molecule has 0 aliphatic rings. The molecule has 3 rings (SSSR count).